The van der Waals surface area contributed by atoms with Gasteiger partial charge in [0.1, 0.15) is 0 Å². The van der Waals surface area contributed by atoms with Crippen molar-refractivity contribution >= 4 is 29.3 Å². The zero-order chi connectivity index (χ0) is 19.2. The fourth-order valence-electron chi connectivity index (χ4n) is 2.60. The van der Waals surface area contributed by atoms with Gasteiger partial charge in [-0.1, -0.05) is 6.07 Å². The van der Waals surface area contributed by atoms with Gasteiger partial charge in [-0.2, -0.15) is 0 Å². The van der Waals surface area contributed by atoms with E-state index in [1.165, 1.54) is 11.0 Å². The van der Waals surface area contributed by atoms with E-state index in [9.17, 15) is 9.59 Å². The lowest BCUT2D eigenvalue weighted by Gasteiger charge is -2.20. The molecule has 27 heavy (non-hydrogen) atoms. The number of carbonyl (C=O) groups is 2. The van der Waals surface area contributed by atoms with Gasteiger partial charge < -0.3 is 19.1 Å². The number of hydrogen-bond acceptors (Lipinski definition) is 6. The number of hydrogen-bond donors (Lipinski definition) is 0. The Bertz CT molecular complexity index is 858. The van der Waals surface area contributed by atoms with Crippen LogP contribution in [0.2, 0.25) is 0 Å². The number of nitrogens with zero attached hydrogens (tertiary/aromatic N) is 1. The Labute approximate surface area is 162 Å². The molecule has 1 amide bonds. The number of likely N-dealkylation sites (N-methyl/N-ethyl adjacent to an activating group) is 1. The number of ether oxygens (including phenoxy) is 3. The molecular weight excluding hydrogens is 366 g/mol. The Morgan fingerprint density at radius 1 is 1.22 bits per heavy atom. The Morgan fingerprint density at radius 3 is 2.78 bits per heavy atom. The first-order chi connectivity index (χ1) is 13.0. The molecule has 2 aromatic rings. The lowest BCUT2D eigenvalue weighted by atomic mass is 10.2. The molecule has 7 heteroatoms. The fourth-order valence-corrected chi connectivity index (χ4v) is 3.38. The first-order valence-corrected chi connectivity index (χ1v) is 9.44. The number of benzene rings is 1. The summed E-state index contributed by atoms with van der Waals surface area (Å²) in [6, 6.07) is 9.48. The molecule has 1 aromatic heterocycles. The lowest BCUT2D eigenvalue weighted by molar-refractivity contribution is -0.148. The summed E-state index contributed by atoms with van der Waals surface area (Å²) in [5, 5.41) is 0. The molecule has 1 aromatic carbocycles. The first-order valence-electron chi connectivity index (χ1n) is 8.62. The van der Waals surface area contributed by atoms with Crippen molar-refractivity contribution in [1.82, 2.24) is 4.90 Å². The Balaban J connectivity index is 1.51. The van der Waals surface area contributed by atoms with Gasteiger partial charge in [0.2, 0.25) is 6.79 Å². The summed E-state index contributed by atoms with van der Waals surface area (Å²) < 4.78 is 15.7. The average Bonchev–Trinajstić information content (AvgIpc) is 3.30. The van der Waals surface area contributed by atoms with Gasteiger partial charge in [0, 0.05) is 28.9 Å². The number of fused-ring (bicyclic) bond motifs is 1. The molecule has 0 fully saturated rings. The summed E-state index contributed by atoms with van der Waals surface area (Å²) in [6.45, 7) is 4.72. The van der Waals surface area contributed by atoms with Crippen LogP contribution < -0.4 is 9.47 Å². The molecule has 142 valence electrons. The number of amides is 1. The average molecular weight is 387 g/mol. The van der Waals surface area contributed by atoms with E-state index in [1.54, 1.807) is 22.3 Å². The smallest absolute Gasteiger partial charge is 0.331 e. The predicted octanol–water partition coefficient (Wildman–Crippen LogP) is 3.39. The van der Waals surface area contributed by atoms with E-state index in [1.807, 2.05) is 44.2 Å². The van der Waals surface area contributed by atoms with Crippen molar-refractivity contribution in [3.05, 3.63) is 51.7 Å². The third-order valence-electron chi connectivity index (χ3n) is 4.03. The van der Waals surface area contributed by atoms with Crippen LogP contribution >= 0.6 is 11.3 Å². The topological polar surface area (TPSA) is 65.1 Å². The van der Waals surface area contributed by atoms with E-state index in [-0.39, 0.29) is 19.3 Å². The van der Waals surface area contributed by atoms with Crippen LogP contribution in [0.5, 0.6) is 11.5 Å². The summed E-state index contributed by atoms with van der Waals surface area (Å²) in [4.78, 5) is 27.9. The third kappa shape index (κ3) is 5.10. The summed E-state index contributed by atoms with van der Waals surface area (Å²) >= 11 is 1.58. The maximum absolute atomic E-state index is 12.4. The fraction of sp³-hybridized carbons (Fsp3) is 0.300. The number of thiophene rings is 1. The Kier molecular flexibility index (Phi) is 6.13. The van der Waals surface area contributed by atoms with Crippen molar-refractivity contribution in [3.8, 4) is 11.5 Å². The molecule has 1 aliphatic rings. The molecule has 0 aliphatic carbocycles. The second-order valence-electron chi connectivity index (χ2n) is 5.98. The summed E-state index contributed by atoms with van der Waals surface area (Å²) in [7, 11) is 0. The minimum absolute atomic E-state index is 0.212. The van der Waals surface area contributed by atoms with Gasteiger partial charge in [-0.3, -0.25) is 4.79 Å². The van der Waals surface area contributed by atoms with E-state index in [0.29, 0.717) is 24.6 Å². The summed E-state index contributed by atoms with van der Waals surface area (Å²) in [5.41, 5.74) is 0.925. The number of rotatable bonds is 7. The largest absolute Gasteiger partial charge is 0.454 e. The minimum Gasteiger partial charge on any atom is -0.454 e. The predicted molar refractivity (Wildman–Crippen MR) is 103 cm³/mol. The van der Waals surface area contributed by atoms with Crippen LogP contribution in [0.15, 0.2) is 36.4 Å². The monoisotopic (exact) mass is 387 g/mol. The molecule has 0 radical (unpaired) electrons. The highest BCUT2D eigenvalue weighted by Crippen LogP contribution is 2.32. The van der Waals surface area contributed by atoms with E-state index >= 15 is 0 Å². The second-order valence-corrected chi connectivity index (χ2v) is 7.30. The van der Waals surface area contributed by atoms with Gasteiger partial charge in [0.15, 0.2) is 18.1 Å². The van der Waals surface area contributed by atoms with Crippen LogP contribution in [0.25, 0.3) is 6.08 Å². The van der Waals surface area contributed by atoms with E-state index in [0.717, 1.165) is 10.4 Å². The molecule has 0 atom stereocenters. The van der Waals surface area contributed by atoms with Gasteiger partial charge in [-0.05, 0) is 49.8 Å². The number of esters is 1. The van der Waals surface area contributed by atoms with Crippen molar-refractivity contribution in [1.29, 1.82) is 0 Å². The molecule has 3 rings (SSSR count). The molecule has 0 saturated heterocycles. The normalized spacial score (nSPS) is 12.4. The molecule has 6 nitrogen and oxygen atoms in total. The van der Waals surface area contributed by atoms with E-state index in [2.05, 4.69) is 0 Å². The van der Waals surface area contributed by atoms with E-state index < -0.39 is 5.97 Å². The zero-order valence-electron chi connectivity index (χ0n) is 15.3. The third-order valence-corrected chi connectivity index (χ3v) is 4.99. The number of aryl methyl sites for hydroxylation is 1. The Morgan fingerprint density at radius 2 is 2.04 bits per heavy atom. The molecule has 2 heterocycles. The standard InChI is InChI=1S/C20H21NO5S/c1-3-21(11-15-5-8-17-18(10-15)26-13-25-17)19(22)12-24-20(23)9-7-16-6-4-14(2)27-16/h4-10H,3,11-13H2,1-2H3/b9-7+. The van der Waals surface area contributed by atoms with Crippen molar-refractivity contribution < 1.29 is 23.8 Å². The Hall–Kier alpha value is -2.80. The van der Waals surface area contributed by atoms with Gasteiger partial charge in [-0.15, -0.1) is 11.3 Å². The van der Waals surface area contributed by atoms with Gasteiger partial charge in [-0.25, -0.2) is 4.79 Å². The van der Waals surface area contributed by atoms with E-state index in [4.69, 9.17) is 14.2 Å². The van der Waals surface area contributed by atoms with Crippen LogP contribution in [-0.2, 0) is 20.9 Å². The van der Waals surface area contributed by atoms with Crippen molar-refractivity contribution in [2.24, 2.45) is 0 Å². The lowest BCUT2D eigenvalue weighted by Crippen LogP contribution is -2.33. The molecule has 0 saturated carbocycles. The van der Waals surface area contributed by atoms with Gasteiger partial charge in [0.05, 0.1) is 0 Å². The second kappa shape index (κ2) is 8.73. The highest BCUT2D eigenvalue weighted by molar-refractivity contribution is 7.12. The molecule has 0 spiro atoms. The SMILES string of the molecule is CCN(Cc1ccc2c(c1)OCO2)C(=O)COC(=O)/C=C/c1ccc(C)s1. The highest BCUT2D eigenvalue weighted by atomic mass is 32.1. The maximum atomic E-state index is 12.4. The molecule has 0 N–H and O–H groups in total. The van der Waals surface area contributed by atoms with Crippen LogP contribution in [0.3, 0.4) is 0 Å². The molecule has 0 unspecified atom stereocenters. The molecule has 1 aliphatic heterocycles. The maximum Gasteiger partial charge on any atom is 0.331 e. The highest BCUT2D eigenvalue weighted by Gasteiger charge is 2.17. The van der Waals surface area contributed by atoms with Crippen LogP contribution in [0.1, 0.15) is 22.2 Å². The van der Waals surface area contributed by atoms with Gasteiger partial charge in [0.25, 0.3) is 5.91 Å². The first kappa shape index (κ1) is 19.0. The summed E-state index contributed by atoms with van der Waals surface area (Å²) in [5.74, 6) is 0.601. The van der Waals surface area contributed by atoms with Crippen molar-refractivity contribution in [2.75, 3.05) is 19.9 Å². The van der Waals surface area contributed by atoms with Gasteiger partial charge >= 0.3 is 5.97 Å². The van der Waals surface area contributed by atoms with Crippen LogP contribution in [-0.4, -0.2) is 36.7 Å². The molecule has 0 bridgehead atoms. The van der Waals surface area contributed by atoms with Crippen LogP contribution in [0, 0.1) is 6.92 Å². The summed E-state index contributed by atoms with van der Waals surface area (Å²) in [6.07, 6.45) is 3.03. The molecular formula is C20H21NO5S. The number of carbonyl (C=O) groups excluding carboxylic acids is 2. The minimum atomic E-state index is -0.534. The van der Waals surface area contributed by atoms with Crippen LogP contribution in [0.4, 0.5) is 0 Å². The van der Waals surface area contributed by atoms with Crippen molar-refractivity contribution in [2.45, 2.75) is 20.4 Å². The quantitative estimate of drug-likeness (QED) is 0.538. The zero-order valence-corrected chi connectivity index (χ0v) is 16.1. The van der Waals surface area contributed by atoms with Crippen molar-refractivity contribution in [3.63, 3.8) is 0 Å².